The number of piperazine rings is 1. The topological polar surface area (TPSA) is 45.7 Å². The lowest BCUT2D eigenvalue weighted by Crippen LogP contribution is -2.48. The highest BCUT2D eigenvalue weighted by molar-refractivity contribution is 9.10. The van der Waals surface area contributed by atoms with Crippen LogP contribution < -0.4 is 4.74 Å². The second-order valence-corrected chi connectivity index (χ2v) is 8.68. The molecule has 160 valence electrons. The van der Waals surface area contributed by atoms with E-state index in [-0.39, 0.29) is 5.91 Å². The van der Waals surface area contributed by atoms with Crippen molar-refractivity contribution in [2.24, 2.45) is 0 Å². The average Bonchev–Trinajstić information content (AvgIpc) is 2.79. The van der Waals surface area contributed by atoms with Crippen LogP contribution in [-0.2, 0) is 24.4 Å². The zero-order valence-electron chi connectivity index (χ0n) is 17.4. The number of nitrogens with zero attached hydrogens (tertiary/aromatic N) is 3. The van der Waals surface area contributed by atoms with Crippen LogP contribution in [0.5, 0.6) is 5.75 Å². The van der Waals surface area contributed by atoms with Gasteiger partial charge in [-0.05, 0) is 47.0 Å². The third kappa shape index (κ3) is 6.39. The number of carbonyl (C=O) groups excluding carboxylic acids is 1. The van der Waals surface area contributed by atoms with E-state index in [9.17, 15) is 4.79 Å². The number of aromatic nitrogens is 1. The lowest BCUT2D eigenvalue weighted by Gasteiger charge is -2.34. The van der Waals surface area contributed by atoms with Gasteiger partial charge in [0, 0.05) is 49.6 Å². The van der Waals surface area contributed by atoms with Crippen LogP contribution in [0.4, 0.5) is 0 Å². The molecule has 5 nitrogen and oxygen atoms in total. The summed E-state index contributed by atoms with van der Waals surface area (Å²) in [4.78, 5) is 21.0. The Labute approximate surface area is 191 Å². The highest BCUT2D eigenvalue weighted by Gasteiger charge is 2.21. The lowest BCUT2D eigenvalue weighted by molar-refractivity contribution is -0.132. The van der Waals surface area contributed by atoms with Crippen molar-refractivity contribution in [1.82, 2.24) is 14.8 Å². The van der Waals surface area contributed by atoms with Crippen LogP contribution in [0.2, 0.25) is 0 Å². The van der Waals surface area contributed by atoms with E-state index in [1.54, 1.807) is 12.4 Å². The fourth-order valence-corrected chi connectivity index (χ4v) is 4.18. The molecule has 4 rings (SSSR count). The zero-order chi connectivity index (χ0) is 21.5. The molecule has 0 radical (unpaired) electrons. The summed E-state index contributed by atoms with van der Waals surface area (Å²) in [5, 5.41) is 0. The van der Waals surface area contributed by atoms with E-state index in [0.717, 1.165) is 54.1 Å². The van der Waals surface area contributed by atoms with Crippen LogP contribution in [-0.4, -0.2) is 46.9 Å². The Hall–Kier alpha value is -2.70. The van der Waals surface area contributed by atoms with Crippen LogP contribution >= 0.6 is 15.9 Å². The van der Waals surface area contributed by atoms with Gasteiger partial charge in [0.15, 0.2) is 0 Å². The molecule has 3 aromatic rings. The standard InChI is InChI=1S/C25H26BrN3O2/c26-23-7-1-5-22(14-23)19-31-24-8-2-4-21(15-24)18-28-10-12-29(13-11-28)25(30)16-20-6-3-9-27-17-20/h1-9,14-15,17H,10-13,16,18-19H2. The van der Waals surface area contributed by atoms with Gasteiger partial charge < -0.3 is 9.64 Å². The molecule has 2 heterocycles. The molecule has 2 aromatic carbocycles. The van der Waals surface area contributed by atoms with Crippen molar-refractivity contribution in [3.05, 3.63) is 94.2 Å². The minimum absolute atomic E-state index is 0.176. The molecular weight excluding hydrogens is 454 g/mol. The summed E-state index contributed by atoms with van der Waals surface area (Å²) in [5.74, 6) is 1.05. The van der Waals surface area contributed by atoms with Crippen molar-refractivity contribution in [1.29, 1.82) is 0 Å². The van der Waals surface area contributed by atoms with Crippen molar-refractivity contribution >= 4 is 21.8 Å². The second-order valence-electron chi connectivity index (χ2n) is 7.76. The molecule has 0 bridgehead atoms. The fraction of sp³-hybridized carbons (Fsp3) is 0.280. The van der Waals surface area contributed by atoms with E-state index in [2.05, 4.69) is 50.1 Å². The van der Waals surface area contributed by atoms with E-state index in [1.807, 2.05) is 41.3 Å². The van der Waals surface area contributed by atoms with Gasteiger partial charge in [0.05, 0.1) is 6.42 Å². The number of rotatable bonds is 7. The molecule has 1 aliphatic rings. The molecular formula is C25H26BrN3O2. The molecule has 1 aliphatic heterocycles. The third-order valence-electron chi connectivity index (χ3n) is 5.40. The number of hydrogen-bond acceptors (Lipinski definition) is 4. The Kier molecular flexibility index (Phi) is 7.33. The molecule has 6 heteroatoms. The van der Waals surface area contributed by atoms with Crippen molar-refractivity contribution in [3.63, 3.8) is 0 Å². The van der Waals surface area contributed by atoms with Crippen LogP contribution in [0.15, 0.2) is 77.5 Å². The van der Waals surface area contributed by atoms with Crippen molar-refractivity contribution < 1.29 is 9.53 Å². The largest absolute Gasteiger partial charge is 0.489 e. The first kappa shape index (κ1) is 21.5. The predicted octanol–water partition coefficient (Wildman–Crippen LogP) is 4.31. The van der Waals surface area contributed by atoms with Gasteiger partial charge in [-0.1, -0.05) is 46.3 Å². The number of pyridine rings is 1. The maximum absolute atomic E-state index is 12.5. The Balaban J connectivity index is 1.25. The van der Waals surface area contributed by atoms with Gasteiger partial charge in [-0.25, -0.2) is 0 Å². The van der Waals surface area contributed by atoms with Gasteiger partial charge >= 0.3 is 0 Å². The zero-order valence-corrected chi connectivity index (χ0v) is 19.0. The summed E-state index contributed by atoms with van der Waals surface area (Å²) in [6.07, 6.45) is 3.92. The summed E-state index contributed by atoms with van der Waals surface area (Å²) in [6, 6.07) is 20.3. The average molecular weight is 480 g/mol. The van der Waals surface area contributed by atoms with Crippen LogP contribution in [0.25, 0.3) is 0 Å². The maximum atomic E-state index is 12.5. The predicted molar refractivity (Wildman–Crippen MR) is 125 cm³/mol. The molecule has 1 saturated heterocycles. The minimum Gasteiger partial charge on any atom is -0.489 e. The van der Waals surface area contributed by atoms with Crippen molar-refractivity contribution in [3.8, 4) is 5.75 Å². The summed E-state index contributed by atoms with van der Waals surface area (Å²) < 4.78 is 7.04. The van der Waals surface area contributed by atoms with E-state index in [4.69, 9.17) is 4.74 Å². The number of amides is 1. The first-order valence-electron chi connectivity index (χ1n) is 10.5. The van der Waals surface area contributed by atoms with Gasteiger partial charge in [-0.3, -0.25) is 14.7 Å². The monoisotopic (exact) mass is 479 g/mol. The van der Waals surface area contributed by atoms with Crippen LogP contribution in [0, 0.1) is 0 Å². The molecule has 0 unspecified atom stereocenters. The Bertz CT molecular complexity index is 1000. The van der Waals surface area contributed by atoms with E-state index < -0.39 is 0 Å². The molecule has 0 atom stereocenters. The van der Waals surface area contributed by atoms with E-state index in [0.29, 0.717) is 13.0 Å². The van der Waals surface area contributed by atoms with Gasteiger partial charge in [-0.2, -0.15) is 0 Å². The summed E-state index contributed by atoms with van der Waals surface area (Å²) in [6.45, 7) is 4.68. The molecule has 1 fully saturated rings. The number of hydrogen-bond donors (Lipinski definition) is 0. The van der Waals surface area contributed by atoms with Gasteiger partial charge in [0.2, 0.25) is 5.91 Å². The first-order valence-corrected chi connectivity index (χ1v) is 11.3. The molecule has 0 N–H and O–H groups in total. The summed E-state index contributed by atoms with van der Waals surface area (Å²) in [5.41, 5.74) is 3.32. The minimum atomic E-state index is 0.176. The molecule has 1 amide bonds. The quantitative estimate of drug-likeness (QED) is 0.506. The highest BCUT2D eigenvalue weighted by atomic mass is 79.9. The van der Waals surface area contributed by atoms with Gasteiger partial charge in [0.25, 0.3) is 0 Å². The molecule has 1 aromatic heterocycles. The highest BCUT2D eigenvalue weighted by Crippen LogP contribution is 2.19. The fourth-order valence-electron chi connectivity index (χ4n) is 3.73. The molecule has 0 spiro atoms. The van der Waals surface area contributed by atoms with Gasteiger partial charge in [-0.15, -0.1) is 0 Å². The van der Waals surface area contributed by atoms with Crippen LogP contribution in [0.3, 0.4) is 0 Å². The second kappa shape index (κ2) is 10.6. The SMILES string of the molecule is O=C(Cc1cccnc1)N1CCN(Cc2cccc(OCc3cccc(Br)c3)c2)CC1. The maximum Gasteiger partial charge on any atom is 0.227 e. The van der Waals surface area contributed by atoms with E-state index >= 15 is 0 Å². The Morgan fingerprint density at radius 3 is 2.48 bits per heavy atom. The number of ether oxygens (including phenoxy) is 1. The first-order chi connectivity index (χ1) is 15.2. The normalized spacial score (nSPS) is 14.4. The van der Waals surface area contributed by atoms with Crippen molar-refractivity contribution in [2.45, 2.75) is 19.6 Å². The summed E-state index contributed by atoms with van der Waals surface area (Å²) >= 11 is 3.50. The Morgan fingerprint density at radius 2 is 1.71 bits per heavy atom. The lowest BCUT2D eigenvalue weighted by atomic mass is 10.1. The van der Waals surface area contributed by atoms with E-state index in [1.165, 1.54) is 5.56 Å². The van der Waals surface area contributed by atoms with Crippen LogP contribution in [0.1, 0.15) is 16.7 Å². The summed E-state index contributed by atoms with van der Waals surface area (Å²) in [7, 11) is 0. The molecule has 0 saturated carbocycles. The number of carbonyl (C=O) groups is 1. The Morgan fingerprint density at radius 1 is 0.935 bits per heavy atom. The number of halogens is 1. The van der Waals surface area contributed by atoms with Gasteiger partial charge in [0.1, 0.15) is 12.4 Å². The molecule has 31 heavy (non-hydrogen) atoms. The third-order valence-corrected chi connectivity index (χ3v) is 5.90. The molecule has 0 aliphatic carbocycles. The van der Waals surface area contributed by atoms with Crippen molar-refractivity contribution in [2.75, 3.05) is 26.2 Å². The smallest absolute Gasteiger partial charge is 0.227 e. The number of benzene rings is 2.